The van der Waals surface area contributed by atoms with E-state index in [0.29, 0.717) is 35.8 Å². The number of hydrogen-bond donors (Lipinski definition) is 3. The van der Waals surface area contributed by atoms with Crippen molar-refractivity contribution >= 4 is 33.0 Å². The van der Waals surface area contributed by atoms with E-state index in [0.717, 1.165) is 19.3 Å². The van der Waals surface area contributed by atoms with Gasteiger partial charge in [0, 0.05) is 19.1 Å². The number of aromatic hydroxyl groups is 1. The van der Waals surface area contributed by atoms with Gasteiger partial charge < -0.3 is 15.7 Å². The average Bonchev–Trinajstić information content (AvgIpc) is 3.14. The molecule has 2 fully saturated rings. The molecule has 0 radical (unpaired) electrons. The van der Waals surface area contributed by atoms with E-state index in [1.165, 1.54) is 41.8 Å². The highest BCUT2D eigenvalue weighted by Crippen LogP contribution is 2.29. The first kappa shape index (κ1) is 19.4. The predicted molar refractivity (Wildman–Crippen MR) is 107 cm³/mol. The maximum atomic E-state index is 12.7. The molecule has 26 heavy (non-hydrogen) atoms. The van der Waals surface area contributed by atoms with Crippen LogP contribution in [0.4, 0.5) is 5.69 Å². The third-order valence-electron chi connectivity index (χ3n) is 5.35. The third kappa shape index (κ3) is 4.29. The lowest BCUT2D eigenvalue weighted by atomic mass is 9.86. The van der Waals surface area contributed by atoms with Crippen molar-refractivity contribution in [1.82, 2.24) is 9.62 Å². The zero-order valence-electron chi connectivity index (χ0n) is 15.1. The molecule has 0 aromatic heterocycles. The molecule has 1 saturated carbocycles. The second kappa shape index (κ2) is 8.10. The molecule has 1 heterocycles. The fourth-order valence-corrected chi connectivity index (χ4v) is 5.52. The Morgan fingerprint density at radius 2 is 1.88 bits per heavy atom. The number of benzene rings is 1. The van der Waals surface area contributed by atoms with Gasteiger partial charge in [-0.15, -0.1) is 0 Å². The van der Waals surface area contributed by atoms with Crippen molar-refractivity contribution in [2.24, 2.45) is 5.92 Å². The minimum Gasteiger partial charge on any atom is -0.506 e. The number of phenolic OH excluding ortho intramolecular Hbond substituents is 1. The van der Waals surface area contributed by atoms with Crippen LogP contribution in [-0.2, 0) is 10.0 Å². The summed E-state index contributed by atoms with van der Waals surface area (Å²) in [5.74, 6) is 0.519. The van der Waals surface area contributed by atoms with Crippen LogP contribution in [-0.4, -0.2) is 42.1 Å². The number of anilines is 1. The maximum absolute atomic E-state index is 12.7. The summed E-state index contributed by atoms with van der Waals surface area (Å²) in [4.78, 5) is 0.175. The molecule has 0 spiro atoms. The standard InChI is InChI=1S/C18H27N3O3S2/c1-13-6-2-3-7-15(13)19-18(25)20-16-12-14(8-9-17(16)22)26(23,24)21-10-4-5-11-21/h8-9,12-13,15,22H,2-7,10-11H2,1H3,(H2,19,20,25)/t13-,15+/m0/s1. The van der Waals surface area contributed by atoms with Crippen LogP contribution in [0.2, 0.25) is 0 Å². The number of nitrogens with zero attached hydrogens (tertiary/aromatic N) is 1. The molecule has 144 valence electrons. The lowest BCUT2D eigenvalue weighted by molar-refractivity contribution is 0.309. The first-order valence-electron chi connectivity index (χ1n) is 9.28. The molecule has 1 aromatic rings. The van der Waals surface area contributed by atoms with Crippen LogP contribution in [0.25, 0.3) is 0 Å². The fraction of sp³-hybridized carbons (Fsp3) is 0.611. The monoisotopic (exact) mass is 397 g/mol. The Morgan fingerprint density at radius 3 is 2.58 bits per heavy atom. The molecule has 1 saturated heterocycles. The van der Waals surface area contributed by atoms with Crippen LogP contribution in [0.15, 0.2) is 23.1 Å². The molecule has 0 bridgehead atoms. The highest BCUT2D eigenvalue weighted by atomic mass is 32.2. The topological polar surface area (TPSA) is 81.7 Å². The Hall–Kier alpha value is -1.38. The van der Waals surface area contributed by atoms with Crippen LogP contribution in [0.3, 0.4) is 0 Å². The molecular formula is C18H27N3O3S2. The van der Waals surface area contributed by atoms with E-state index < -0.39 is 10.0 Å². The van der Waals surface area contributed by atoms with Gasteiger partial charge in [-0.2, -0.15) is 4.31 Å². The summed E-state index contributed by atoms with van der Waals surface area (Å²) in [6.45, 7) is 3.30. The fourth-order valence-electron chi connectivity index (χ4n) is 3.71. The van der Waals surface area contributed by atoms with E-state index in [9.17, 15) is 13.5 Å². The van der Waals surface area contributed by atoms with Crippen molar-refractivity contribution in [2.45, 2.75) is 56.4 Å². The highest BCUT2D eigenvalue weighted by Gasteiger charge is 2.28. The van der Waals surface area contributed by atoms with E-state index in [4.69, 9.17) is 12.2 Å². The van der Waals surface area contributed by atoms with E-state index in [1.807, 2.05) is 0 Å². The zero-order chi connectivity index (χ0) is 18.7. The Morgan fingerprint density at radius 1 is 1.19 bits per heavy atom. The number of rotatable bonds is 4. The summed E-state index contributed by atoms with van der Waals surface area (Å²) in [5.41, 5.74) is 0.311. The van der Waals surface area contributed by atoms with Crippen molar-refractivity contribution in [1.29, 1.82) is 0 Å². The van der Waals surface area contributed by atoms with Gasteiger partial charge in [0.2, 0.25) is 10.0 Å². The van der Waals surface area contributed by atoms with Crippen molar-refractivity contribution in [2.75, 3.05) is 18.4 Å². The average molecular weight is 398 g/mol. The molecule has 3 N–H and O–H groups in total. The van der Waals surface area contributed by atoms with Gasteiger partial charge in [0.15, 0.2) is 5.11 Å². The van der Waals surface area contributed by atoms with E-state index >= 15 is 0 Å². The van der Waals surface area contributed by atoms with E-state index in [-0.39, 0.29) is 10.6 Å². The van der Waals surface area contributed by atoms with E-state index in [2.05, 4.69) is 17.6 Å². The molecule has 0 amide bonds. The molecule has 2 atom stereocenters. The predicted octanol–water partition coefficient (Wildman–Crippen LogP) is 3.04. The second-order valence-corrected chi connectivity index (χ2v) is 9.60. The Labute approximate surface area is 161 Å². The van der Waals surface area contributed by atoms with Crippen LogP contribution >= 0.6 is 12.2 Å². The third-order valence-corrected chi connectivity index (χ3v) is 7.46. The maximum Gasteiger partial charge on any atom is 0.243 e. The quantitative estimate of drug-likeness (QED) is 0.535. The van der Waals surface area contributed by atoms with Gasteiger partial charge in [-0.25, -0.2) is 8.42 Å². The van der Waals surface area contributed by atoms with Crippen LogP contribution < -0.4 is 10.6 Å². The Bertz CT molecular complexity index is 761. The molecule has 0 unspecified atom stereocenters. The first-order valence-corrected chi connectivity index (χ1v) is 11.1. The van der Waals surface area contributed by atoms with Crippen molar-refractivity contribution in [3.8, 4) is 5.75 Å². The molecular weight excluding hydrogens is 370 g/mol. The van der Waals surface area contributed by atoms with Gasteiger partial charge in [-0.1, -0.05) is 19.8 Å². The molecule has 3 rings (SSSR count). The second-order valence-electron chi connectivity index (χ2n) is 7.26. The minimum atomic E-state index is -3.53. The lowest BCUT2D eigenvalue weighted by Gasteiger charge is -2.30. The summed E-state index contributed by atoms with van der Waals surface area (Å²) >= 11 is 5.38. The molecule has 1 aliphatic heterocycles. The minimum absolute atomic E-state index is 0.0220. The number of nitrogens with one attached hydrogen (secondary N) is 2. The van der Waals surface area contributed by atoms with Crippen LogP contribution in [0.5, 0.6) is 5.75 Å². The summed E-state index contributed by atoms with van der Waals surface area (Å²) in [6.07, 6.45) is 6.44. The summed E-state index contributed by atoms with van der Waals surface area (Å²) in [5, 5.41) is 16.8. The van der Waals surface area contributed by atoms with Crippen molar-refractivity contribution in [3.05, 3.63) is 18.2 Å². The van der Waals surface area contributed by atoms with Gasteiger partial charge in [-0.05, 0) is 62.0 Å². The molecule has 2 aliphatic rings. The van der Waals surface area contributed by atoms with Crippen LogP contribution in [0.1, 0.15) is 45.4 Å². The molecule has 8 heteroatoms. The highest BCUT2D eigenvalue weighted by molar-refractivity contribution is 7.89. The molecule has 1 aliphatic carbocycles. The number of thiocarbonyl (C=S) groups is 1. The Kier molecular flexibility index (Phi) is 6.04. The SMILES string of the molecule is C[C@H]1CCCC[C@H]1NC(=S)Nc1cc(S(=O)(=O)N2CCCC2)ccc1O. The van der Waals surface area contributed by atoms with E-state index in [1.54, 1.807) is 0 Å². The van der Waals surface area contributed by atoms with Crippen molar-refractivity contribution < 1.29 is 13.5 Å². The summed E-state index contributed by atoms with van der Waals surface area (Å²) in [6, 6.07) is 4.61. The number of phenols is 1. The zero-order valence-corrected chi connectivity index (χ0v) is 16.7. The van der Waals surface area contributed by atoms with Gasteiger partial charge in [0.1, 0.15) is 5.75 Å². The summed E-state index contributed by atoms with van der Waals surface area (Å²) in [7, 11) is -3.53. The lowest BCUT2D eigenvalue weighted by Crippen LogP contribution is -2.43. The first-order chi connectivity index (χ1) is 12.4. The van der Waals surface area contributed by atoms with Gasteiger partial charge in [0.25, 0.3) is 0 Å². The number of sulfonamides is 1. The largest absolute Gasteiger partial charge is 0.506 e. The molecule has 1 aromatic carbocycles. The molecule has 6 nitrogen and oxygen atoms in total. The number of hydrogen-bond acceptors (Lipinski definition) is 4. The summed E-state index contributed by atoms with van der Waals surface area (Å²) < 4.78 is 26.9. The Balaban J connectivity index is 1.72. The smallest absolute Gasteiger partial charge is 0.243 e. The van der Waals surface area contributed by atoms with Crippen molar-refractivity contribution in [3.63, 3.8) is 0 Å². The van der Waals surface area contributed by atoms with Gasteiger partial charge >= 0.3 is 0 Å². The van der Waals surface area contributed by atoms with Crippen LogP contribution in [0, 0.1) is 5.92 Å². The normalized spacial score (nSPS) is 24.3. The van der Waals surface area contributed by atoms with Gasteiger partial charge in [-0.3, -0.25) is 0 Å². The van der Waals surface area contributed by atoms with Gasteiger partial charge in [0.05, 0.1) is 10.6 Å².